The lowest BCUT2D eigenvalue weighted by atomic mass is 10.1. The van der Waals surface area contributed by atoms with E-state index in [9.17, 15) is 23.2 Å². The number of Topliss-reactive ketones (excluding diaryl/α,β-unsaturated/α-hetero) is 2. The zero-order valence-corrected chi connectivity index (χ0v) is 10.2. The minimum atomic E-state index is -0.947. The molecule has 19 heavy (non-hydrogen) atoms. The summed E-state index contributed by atoms with van der Waals surface area (Å²) in [5.74, 6) is -3.71. The molecule has 0 atom stereocenters. The van der Waals surface area contributed by atoms with Gasteiger partial charge in [0.05, 0.1) is 11.3 Å². The van der Waals surface area contributed by atoms with Gasteiger partial charge in [-0.25, -0.2) is 8.78 Å². The van der Waals surface area contributed by atoms with Crippen molar-refractivity contribution in [2.75, 3.05) is 11.4 Å². The number of anilines is 1. The maximum atomic E-state index is 13.7. The average molecular weight is 267 g/mol. The number of nitrogens with zero attached hydrogens (tertiary/aromatic N) is 1. The van der Waals surface area contributed by atoms with Crippen molar-refractivity contribution in [3.05, 3.63) is 29.3 Å². The molecule has 0 radical (unpaired) electrons. The molecule has 0 N–H and O–H groups in total. The predicted molar refractivity (Wildman–Crippen MR) is 63.0 cm³/mol. The van der Waals surface area contributed by atoms with Crippen molar-refractivity contribution in [3.63, 3.8) is 0 Å². The van der Waals surface area contributed by atoms with Crippen LogP contribution in [0.5, 0.6) is 0 Å². The maximum absolute atomic E-state index is 13.7. The lowest BCUT2D eigenvalue weighted by Gasteiger charge is -2.16. The van der Waals surface area contributed by atoms with Crippen molar-refractivity contribution in [1.82, 2.24) is 0 Å². The number of ketones is 2. The summed E-state index contributed by atoms with van der Waals surface area (Å²) >= 11 is 0. The van der Waals surface area contributed by atoms with Crippen LogP contribution in [0, 0.1) is 11.6 Å². The van der Waals surface area contributed by atoms with Crippen LogP contribution < -0.4 is 4.90 Å². The molecule has 1 heterocycles. The highest BCUT2D eigenvalue weighted by Crippen LogP contribution is 2.32. The third-order valence-electron chi connectivity index (χ3n) is 2.89. The van der Waals surface area contributed by atoms with E-state index in [0.717, 1.165) is 11.0 Å². The summed E-state index contributed by atoms with van der Waals surface area (Å²) in [6, 6.07) is 1.48. The second-order valence-corrected chi connectivity index (χ2v) is 4.38. The van der Waals surface area contributed by atoms with E-state index in [1.54, 1.807) is 0 Å². The molecule has 1 aromatic carbocycles. The monoisotopic (exact) mass is 267 g/mol. The van der Waals surface area contributed by atoms with Crippen molar-refractivity contribution < 1.29 is 23.2 Å². The van der Waals surface area contributed by atoms with Gasteiger partial charge in [0.2, 0.25) is 0 Å². The molecular formula is C13H11F2NO3. The third-order valence-corrected chi connectivity index (χ3v) is 2.89. The number of carbonyl (C=O) groups excluding carboxylic acids is 3. The summed E-state index contributed by atoms with van der Waals surface area (Å²) in [6.45, 7) is 1.46. The largest absolute Gasteiger partial charge is 0.302 e. The Morgan fingerprint density at radius 3 is 2.58 bits per heavy atom. The fourth-order valence-electron chi connectivity index (χ4n) is 2.05. The van der Waals surface area contributed by atoms with Crippen LogP contribution in [0.1, 0.15) is 30.1 Å². The van der Waals surface area contributed by atoms with Gasteiger partial charge in [-0.3, -0.25) is 9.59 Å². The van der Waals surface area contributed by atoms with E-state index in [1.165, 1.54) is 6.92 Å². The van der Waals surface area contributed by atoms with Crippen LogP contribution in [-0.2, 0) is 9.59 Å². The van der Waals surface area contributed by atoms with E-state index in [1.807, 2.05) is 0 Å². The number of hydrogen-bond acceptors (Lipinski definition) is 3. The topological polar surface area (TPSA) is 54.5 Å². The molecule has 0 aromatic heterocycles. The molecule has 6 heteroatoms. The second-order valence-electron chi connectivity index (χ2n) is 4.38. The van der Waals surface area contributed by atoms with Gasteiger partial charge in [-0.05, 0) is 19.4 Å². The van der Waals surface area contributed by atoms with Crippen molar-refractivity contribution in [1.29, 1.82) is 0 Å². The van der Waals surface area contributed by atoms with Gasteiger partial charge in [-0.2, -0.15) is 0 Å². The molecule has 0 aliphatic carbocycles. The number of rotatable bonds is 4. The van der Waals surface area contributed by atoms with E-state index >= 15 is 0 Å². The Morgan fingerprint density at radius 1 is 1.26 bits per heavy atom. The minimum absolute atomic E-state index is 0.0553. The summed E-state index contributed by atoms with van der Waals surface area (Å²) < 4.78 is 26.7. The van der Waals surface area contributed by atoms with Gasteiger partial charge in [-0.15, -0.1) is 0 Å². The Balaban J connectivity index is 2.31. The predicted octanol–water partition coefficient (Wildman–Crippen LogP) is 1.86. The van der Waals surface area contributed by atoms with Crippen molar-refractivity contribution in [3.8, 4) is 0 Å². The van der Waals surface area contributed by atoms with Crippen molar-refractivity contribution in [2.24, 2.45) is 0 Å². The van der Waals surface area contributed by atoms with Gasteiger partial charge in [0.1, 0.15) is 11.6 Å². The third kappa shape index (κ3) is 2.38. The normalized spacial score (nSPS) is 13.9. The van der Waals surface area contributed by atoms with E-state index in [2.05, 4.69) is 0 Å². The highest BCUT2D eigenvalue weighted by Gasteiger charge is 2.38. The number of amides is 1. The van der Waals surface area contributed by atoms with Crippen molar-refractivity contribution >= 4 is 23.2 Å². The van der Waals surface area contributed by atoms with Gasteiger partial charge in [-0.1, -0.05) is 0 Å². The Labute approximate surface area is 108 Å². The molecule has 0 unspecified atom stereocenters. The molecule has 4 nitrogen and oxygen atoms in total. The number of benzene rings is 1. The van der Waals surface area contributed by atoms with E-state index in [0.29, 0.717) is 12.5 Å². The van der Waals surface area contributed by atoms with Crippen LogP contribution in [-0.4, -0.2) is 24.0 Å². The fourth-order valence-corrected chi connectivity index (χ4v) is 2.05. The highest BCUT2D eigenvalue weighted by molar-refractivity contribution is 6.52. The van der Waals surface area contributed by atoms with Gasteiger partial charge in [0, 0.05) is 19.0 Å². The zero-order chi connectivity index (χ0) is 14.2. The lowest BCUT2D eigenvalue weighted by Crippen LogP contribution is -2.31. The maximum Gasteiger partial charge on any atom is 0.299 e. The van der Waals surface area contributed by atoms with Crippen LogP contribution in [0.2, 0.25) is 0 Å². The number of hydrogen-bond donors (Lipinski definition) is 0. The van der Waals surface area contributed by atoms with Crippen LogP contribution in [0.25, 0.3) is 0 Å². The fraction of sp³-hybridized carbons (Fsp3) is 0.308. The molecule has 2 rings (SSSR count). The van der Waals surface area contributed by atoms with E-state index < -0.39 is 23.3 Å². The lowest BCUT2D eigenvalue weighted by molar-refractivity contribution is -0.117. The molecule has 0 spiro atoms. The van der Waals surface area contributed by atoms with Gasteiger partial charge < -0.3 is 9.69 Å². The van der Waals surface area contributed by atoms with Crippen LogP contribution >= 0.6 is 0 Å². The first-order valence-electron chi connectivity index (χ1n) is 5.76. The van der Waals surface area contributed by atoms with Crippen LogP contribution in [0.3, 0.4) is 0 Å². The standard InChI is InChI=1S/C13H11F2NO3/c1-7(17)3-2-4-16-11-9(12(18)13(16)19)5-8(14)6-10(11)15/h5-6H,2-4H2,1H3. The molecule has 0 saturated heterocycles. The Hall–Kier alpha value is -2.11. The zero-order valence-electron chi connectivity index (χ0n) is 10.2. The Bertz CT molecular complexity index is 583. The minimum Gasteiger partial charge on any atom is -0.302 e. The Morgan fingerprint density at radius 2 is 1.95 bits per heavy atom. The van der Waals surface area contributed by atoms with Crippen molar-refractivity contribution in [2.45, 2.75) is 19.8 Å². The molecule has 1 aromatic rings. The van der Waals surface area contributed by atoms with Crippen LogP contribution in [0.15, 0.2) is 12.1 Å². The number of fused-ring (bicyclic) bond motifs is 1. The summed E-state index contributed by atoms with van der Waals surface area (Å²) in [5.41, 5.74) is -0.453. The first-order valence-corrected chi connectivity index (χ1v) is 5.76. The van der Waals surface area contributed by atoms with Gasteiger partial charge in [0.25, 0.3) is 11.7 Å². The quantitative estimate of drug-likeness (QED) is 0.782. The molecular weight excluding hydrogens is 256 g/mol. The summed E-state index contributed by atoms with van der Waals surface area (Å²) in [5, 5.41) is 0. The number of halogens is 2. The molecule has 1 aliphatic heterocycles. The SMILES string of the molecule is CC(=O)CCCN1C(=O)C(=O)c2cc(F)cc(F)c21. The average Bonchev–Trinajstić information content (AvgIpc) is 2.54. The summed E-state index contributed by atoms with van der Waals surface area (Å²) in [6.07, 6.45) is 0.556. The van der Waals surface area contributed by atoms with E-state index in [4.69, 9.17) is 0 Å². The highest BCUT2D eigenvalue weighted by atomic mass is 19.1. The molecule has 0 bridgehead atoms. The van der Waals surface area contributed by atoms with Gasteiger partial charge >= 0.3 is 0 Å². The Kier molecular flexibility index (Phi) is 3.42. The van der Waals surface area contributed by atoms with E-state index in [-0.39, 0.29) is 30.0 Å². The van der Waals surface area contributed by atoms with Gasteiger partial charge in [0.15, 0.2) is 5.82 Å². The molecule has 100 valence electrons. The first kappa shape index (κ1) is 13.3. The summed E-state index contributed by atoms with van der Waals surface area (Å²) in [7, 11) is 0. The molecule has 0 fully saturated rings. The second kappa shape index (κ2) is 4.87. The first-order chi connectivity index (χ1) is 8.91. The molecule has 1 aliphatic rings. The summed E-state index contributed by atoms with van der Waals surface area (Å²) in [4.78, 5) is 35.1. The smallest absolute Gasteiger partial charge is 0.299 e. The van der Waals surface area contributed by atoms with Crippen LogP contribution in [0.4, 0.5) is 14.5 Å². The molecule has 1 amide bonds. The number of carbonyl (C=O) groups is 3. The molecule has 0 saturated carbocycles.